The lowest BCUT2D eigenvalue weighted by atomic mass is 10.1. The van der Waals surface area contributed by atoms with E-state index >= 15 is 0 Å². The SMILES string of the molecule is CC(C)OCCCCNC(C)c1ccccc1F. The van der Waals surface area contributed by atoms with Crippen LogP contribution in [-0.2, 0) is 4.74 Å². The van der Waals surface area contributed by atoms with Crippen molar-refractivity contribution in [1.82, 2.24) is 5.32 Å². The van der Waals surface area contributed by atoms with E-state index in [9.17, 15) is 4.39 Å². The minimum absolute atomic E-state index is 0.0530. The first kappa shape index (κ1) is 15.1. The molecule has 18 heavy (non-hydrogen) atoms. The Bertz CT molecular complexity index is 341. The van der Waals surface area contributed by atoms with E-state index in [0.29, 0.717) is 6.10 Å². The van der Waals surface area contributed by atoms with Crippen LogP contribution >= 0.6 is 0 Å². The second-order valence-corrected chi connectivity index (χ2v) is 4.82. The van der Waals surface area contributed by atoms with Crippen LogP contribution < -0.4 is 5.32 Å². The van der Waals surface area contributed by atoms with Crippen LogP contribution in [0.4, 0.5) is 4.39 Å². The summed E-state index contributed by atoms with van der Waals surface area (Å²) in [5.41, 5.74) is 0.732. The van der Waals surface area contributed by atoms with Gasteiger partial charge in [-0.15, -0.1) is 0 Å². The Balaban J connectivity index is 2.18. The Kier molecular flexibility index (Phi) is 6.91. The van der Waals surface area contributed by atoms with Gasteiger partial charge in [0.1, 0.15) is 5.82 Å². The van der Waals surface area contributed by atoms with Crippen LogP contribution in [0.2, 0.25) is 0 Å². The number of rotatable bonds is 8. The zero-order chi connectivity index (χ0) is 13.4. The summed E-state index contributed by atoms with van der Waals surface area (Å²) in [6, 6.07) is 6.97. The zero-order valence-corrected chi connectivity index (χ0v) is 11.6. The van der Waals surface area contributed by atoms with Crippen LogP contribution in [0.1, 0.15) is 45.2 Å². The van der Waals surface area contributed by atoms with Gasteiger partial charge in [-0.25, -0.2) is 4.39 Å². The van der Waals surface area contributed by atoms with Gasteiger partial charge in [0.05, 0.1) is 6.10 Å². The fourth-order valence-electron chi connectivity index (χ4n) is 1.80. The van der Waals surface area contributed by atoms with Crippen molar-refractivity contribution in [2.75, 3.05) is 13.2 Å². The van der Waals surface area contributed by atoms with E-state index in [0.717, 1.165) is 31.6 Å². The third-order valence-corrected chi connectivity index (χ3v) is 2.84. The molecule has 0 bridgehead atoms. The van der Waals surface area contributed by atoms with Crippen molar-refractivity contribution in [2.45, 2.75) is 45.8 Å². The first-order valence-electron chi connectivity index (χ1n) is 6.70. The van der Waals surface area contributed by atoms with Crippen LogP contribution in [0.25, 0.3) is 0 Å². The molecule has 0 spiro atoms. The fraction of sp³-hybridized carbons (Fsp3) is 0.600. The highest BCUT2D eigenvalue weighted by molar-refractivity contribution is 5.20. The normalized spacial score (nSPS) is 12.9. The minimum atomic E-state index is -0.138. The van der Waals surface area contributed by atoms with E-state index in [2.05, 4.69) is 5.32 Å². The monoisotopic (exact) mass is 253 g/mol. The predicted molar refractivity (Wildman–Crippen MR) is 73.1 cm³/mol. The molecule has 102 valence electrons. The van der Waals surface area contributed by atoms with Gasteiger partial charge in [-0.05, 0) is 46.2 Å². The third kappa shape index (κ3) is 5.61. The smallest absolute Gasteiger partial charge is 0.127 e. The highest BCUT2D eigenvalue weighted by Gasteiger charge is 2.08. The molecule has 0 aliphatic carbocycles. The van der Waals surface area contributed by atoms with Gasteiger partial charge in [-0.3, -0.25) is 0 Å². The molecule has 1 aromatic rings. The summed E-state index contributed by atoms with van der Waals surface area (Å²) in [6.45, 7) is 7.75. The number of hydrogen-bond donors (Lipinski definition) is 1. The maximum Gasteiger partial charge on any atom is 0.127 e. The molecule has 0 saturated heterocycles. The van der Waals surface area contributed by atoms with Gasteiger partial charge in [0.25, 0.3) is 0 Å². The standard InChI is InChI=1S/C15H24FNO/c1-12(2)18-11-7-6-10-17-13(3)14-8-4-5-9-15(14)16/h4-5,8-9,12-13,17H,6-7,10-11H2,1-3H3. The molecular weight excluding hydrogens is 229 g/mol. The molecule has 0 fully saturated rings. The Morgan fingerprint density at radius 1 is 1.17 bits per heavy atom. The van der Waals surface area contributed by atoms with E-state index in [1.165, 1.54) is 6.07 Å². The zero-order valence-electron chi connectivity index (χ0n) is 11.6. The van der Waals surface area contributed by atoms with Crippen LogP contribution in [-0.4, -0.2) is 19.3 Å². The van der Waals surface area contributed by atoms with Gasteiger partial charge in [0.2, 0.25) is 0 Å². The van der Waals surface area contributed by atoms with Crippen molar-refractivity contribution in [2.24, 2.45) is 0 Å². The molecule has 1 atom stereocenters. The molecule has 3 heteroatoms. The Hall–Kier alpha value is -0.930. The van der Waals surface area contributed by atoms with Gasteiger partial charge in [-0.2, -0.15) is 0 Å². The average molecular weight is 253 g/mol. The largest absolute Gasteiger partial charge is 0.379 e. The number of unbranched alkanes of at least 4 members (excludes halogenated alkanes) is 1. The van der Waals surface area contributed by atoms with Crippen molar-refractivity contribution in [1.29, 1.82) is 0 Å². The highest BCUT2D eigenvalue weighted by Crippen LogP contribution is 2.15. The summed E-state index contributed by atoms with van der Waals surface area (Å²) in [7, 11) is 0. The summed E-state index contributed by atoms with van der Waals surface area (Å²) < 4.78 is 19.0. The van der Waals surface area contributed by atoms with E-state index < -0.39 is 0 Å². The second-order valence-electron chi connectivity index (χ2n) is 4.82. The number of hydrogen-bond acceptors (Lipinski definition) is 2. The van der Waals surface area contributed by atoms with Crippen LogP contribution in [0.3, 0.4) is 0 Å². The molecule has 0 aromatic heterocycles. The van der Waals surface area contributed by atoms with Gasteiger partial charge < -0.3 is 10.1 Å². The summed E-state index contributed by atoms with van der Waals surface area (Å²) in [6.07, 6.45) is 2.39. The summed E-state index contributed by atoms with van der Waals surface area (Å²) >= 11 is 0. The van der Waals surface area contributed by atoms with Crippen LogP contribution in [0, 0.1) is 5.82 Å². The molecule has 0 aliphatic rings. The lowest BCUT2D eigenvalue weighted by Crippen LogP contribution is -2.21. The maximum absolute atomic E-state index is 13.5. The first-order valence-corrected chi connectivity index (χ1v) is 6.70. The number of nitrogens with one attached hydrogen (secondary N) is 1. The summed E-state index contributed by atoms with van der Waals surface area (Å²) in [4.78, 5) is 0. The van der Waals surface area contributed by atoms with E-state index in [4.69, 9.17) is 4.74 Å². The quantitative estimate of drug-likeness (QED) is 0.714. The number of halogens is 1. The Morgan fingerprint density at radius 2 is 1.89 bits per heavy atom. The number of benzene rings is 1. The van der Waals surface area contributed by atoms with Crippen molar-refractivity contribution >= 4 is 0 Å². The first-order chi connectivity index (χ1) is 8.61. The molecular formula is C15H24FNO. The predicted octanol–water partition coefficient (Wildman–Crippen LogP) is 3.68. The number of ether oxygens (including phenoxy) is 1. The molecule has 1 rings (SSSR count). The Morgan fingerprint density at radius 3 is 2.56 bits per heavy atom. The van der Waals surface area contributed by atoms with Crippen molar-refractivity contribution in [3.63, 3.8) is 0 Å². The average Bonchev–Trinajstić information content (AvgIpc) is 2.33. The van der Waals surface area contributed by atoms with Crippen LogP contribution in [0.15, 0.2) is 24.3 Å². The van der Waals surface area contributed by atoms with E-state index in [-0.39, 0.29) is 11.9 Å². The van der Waals surface area contributed by atoms with Gasteiger partial charge in [0.15, 0.2) is 0 Å². The van der Waals surface area contributed by atoms with Gasteiger partial charge in [0, 0.05) is 18.2 Å². The third-order valence-electron chi connectivity index (χ3n) is 2.84. The summed E-state index contributed by atoms with van der Waals surface area (Å²) in [5.74, 6) is -0.138. The Labute approximate surface area is 110 Å². The van der Waals surface area contributed by atoms with Crippen LogP contribution in [0.5, 0.6) is 0 Å². The highest BCUT2D eigenvalue weighted by atomic mass is 19.1. The molecule has 0 aliphatic heterocycles. The van der Waals surface area contributed by atoms with E-state index in [1.54, 1.807) is 6.07 Å². The van der Waals surface area contributed by atoms with E-state index in [1.807, 2.05) is 32.9 Å². The summed E-state index contributed by atoms with van der Waals surface area (Å²) in [5, 5.41) is 3.33. The second kappa shape index (κ2) is 8.22. The molecule has 0 saturated carbocycles. The van der Waals surface area contributed by atoms with Gasteiger partial charge >= 0.3 is 0 Å². The molecule has 1 unspecified atom stereocenters. The van der Waals surface area contributed by atoms with Crippen molar-refractivity contribution in [3.8, 4) is 0 Å². The van der Waals surface area contributed by atoms with Crippen molar-refractivity contribution in [3.05, 3.63) is 35.6 Å². The van der Waals surface area contributed by atoms with Gasteiger partial charge in [-0.1, -0.05) is 18.2 Å². The lowest BCUT2D eigenvalue weighted by molar-refractivity contribution is 0.0759. The molecule has 0 radical (unpaired) electrons. The molecule has 1 N–H and O–H groups in total. The molecule has 0 heterocycles. The maximum atomic E-state index is 13.5. The molecule has 2 nitrogen and oxygen atoms in total. The lowest BCUT2D eigenvalue weighted by Gasteiger charge is -2.15. The minimum Gasteiger partial charge on any atom is -0.379 e. The topological polar surface area (TPSA) is 21.3 Å². The molecule has 1 aromatic carbocycles. The molecule has 0 amide bonds. The fourth-order valence-corrected chi connectivity index (χ4v) is 1.80. The van der Waals surface area contributed by atoms with Crippen molar-refractivity contribution < 1.29 is 9.13 Å².